The Balaban J connectivity index is 0.00000135. The van der Waals surface area contributed by atoms with E-state index in [1.54, 1.807) is 0 Å². The second-order valence-electron chi connectivity index (χ2n) is 25.2. The molecule has 0 spiro atoms. The highest BCUT2D eigenvalue weighted by Gasteiger charge is 2.01. The summed E-state index contributed by atoms with van der Waals surface area (Å²) in [5.41, 5.74) is 16.6. The summed E-state index contributed by atoms with van der Waals surface area (Å²) in [6.07, 6.45) is 25.2. The molecule has 0 N–H and O–H groups in total. The van der Waals surface area contributed by atoms with Crippen molar-refractivity contribution >= 4 is 97.6 Å². The van der Waals surface area contributed by atoms with Gasteiger partial charge >= 0.3 is 0 Å². The number of benzene rings is 9. The number of hydrogen-bond donors (Lipinski definition) is 0. The minimum absolute atomic E-state index is 0.759. The van der Waals surface area contributed by atoms with Crippen LogP contribution in [0.3, 0.4) is 0 Å². The van der Waals surface area contributed by atoms with Crippen molar-refractivity contribution in [2.24, 2.45) is 0 Å². The first-order valence-electron chi connectivity index (χ1n) is 45.1. The van der Waals surface area contributed by atoms with Crippen molar-refractivity contribution in [2.75, 3.05) is 0 Å². The van der Waals surface area contributed by atoms with Crippen LogP contribution in [0.4, 0.5) is 0 Å². The van der Waals surface area contributed by atoms with E-state index in [2.05, 4.69) is 255 Å². The highest BCUT2D eigenvalue weighted by atomic mass is 15.0. The lowest BCUT2D eigenvalue weighted by atomic mass is 10.1. The molecule has 0 bridgehead atoms. The summed E-state index contributed by atoms with van der Waals surface area (Å²) in [5.74, 6) is 0.759. The molecule has 19 aromatic rings. The molecule has 12 nitrogen and oxygen atoms in total. The predicted molar refractivity (Wildman–Crippen MR) is 556 cm³/mol. The van der Waals surface area contributed by atoms with E-state index in [0.29, 0.717) is 0 Å². The van der Waals surface area contributed by atoms with Crippen molar-refractivity contribution in [1.29, 1.82) is 0 Å². The highest BCUT2D eigenvalue weighted by molar-refractivity contribution is 5.88. The molecular weight excluding hydrogens is 1540 g/mol. The Labute approximate surface area is 758 Å². The molecule has 19 rings (SSSR count). The normalized spacial score (nSPS) is 9.03. The van der Waals surface area contributed by atoms with Crippen molar-refractivity contribution in [3.63, 3.8) is 0 Å². The minimum atomic E-state index is 0.759. The smallest absolute Gasteiger partial charge is 0.128 e. The largest absolute Gasteiger partial charge is 0.264 e. The summed E-state index contributed by atoms with van der Waals surface area (Å²) in [7, 11) is 0. The van der Waals surface area contributed by atoms with Gasteiger partial charge in [0.15, 0.2) is 0 Å². The van der Waals surface area contributed by atoms with Gasteiger partial charge in [-0.3, -0.25) is 44.9 Å². The molecule has 0 radical (unpaired) electrons. The van der Waals surface area contributed by atoms with Crippen LogP contribution in [0.1, 0.15) is 195 Å². The van der Waals surface area contributed by atoms with E-state index >= 15 is 0 Å². The molecule has 0 unspecified atom stereocenters. The third-order valence-electron chi connectivity index (χ3n) is 17.2. The first-order valence-corrected chi connectivity index (χ1v) is 45.1. The Bertz CT molecular complexity index is 5080. The van der Waals surface area contributed by atoms with Crippen LogP contribution in [0.2, 0.25) is 0 Å². The first-order chi connectivity index (χ1) is 61.8. The summed E-state index contributed by atoms with van der Waals surface area (Å²) in [6, 6.07) is 86.4. The monoisotopic (exact) mass is 1680 g/mol. The summed E-state index contributed by atoms with van der Waals surface area (Å²) in [6.45, 7) is 60.6. The number of aryl methyl sites for hydroxylation is 10. The Morgan fingerprint density at radius 1 is 0.175 bits per heavy atom. The van der Waals surface area contributed by atoms with Crippen molar-refractivity contribution in [1.82, 2.24) is 59.8 Å². The van der Waals surface area contributed by atoms with Crippen LogP contribution in [-0.2, 0) is 0 Å². The first kappa shape index (κ1) is 113. The number of aromatic nitrogens is 12. The highest BCUT2D eigenvalue weighted by Crippen LogP contribution is 2.22. The number of pyridine rings is 9. The van der Waals surface area contributed by atoms with E-state index in [0.717, 1.165) is 39.1 Å². The van der Waals surface area contributed by atoms with E-state index in [-0.39, 0.29) is 0 Å². The van der Waals surface area contributed by atoms with Gasteiger partial charge in [-0.05, 0) is 209 Å². The van der Waals surface area contributed by atoms with Crippen LogP contribution < -0.4 is 0 Å². The molecule has 0 atom stereocenters. The van der Waals surface area contributed by atoms with Gasteiger partial charge in [-0.1, -0.05) is 320 Å². The third-order valence-corrected chi connectivity index (χ3v) is 17.2. The van der Waals surface area contributed by atoms with E-state index in [1.807, 2.05) is 342 Å². The zero-order valence-electron chi connectivity index (χ0n) is 81.7. The molecular formula is C114H146N12. The second kappa shape index (κ2) is 71.1. The van der Waals surface area contributed by atoms with Crippen LogP contribution in [0.25, 0.3) is 97.6 Å². The molecule has 662 valence electrons. The maximum Gasteiger partial charge on any atom is 0.128 e. The third kappa shape index (κ3) is 40.3. The fourth-order valence-electron chi connectivity index (χ4n) is 11.5. The fraction of sp³-hybridized carbons (Fsp3) is 0.263. The van der Waals surface area contributed by atoms with Gasteiger partial charge in [0, 0.05) is 129 Å². The minimum Gasteiger partial charge on any atom is -0.264 e. The topological polar surface area (TPSA) is 155 Å². The van der Waals surface area contributed by atoms with Gasteiger partial charge in [-0.2, -0.15) is 0 Å². The van der Waals surface area contributed by atoms with E-state index in [4.69, 9.17) is 0 Å². The summed E-state index contributed by atoms with van der Waals surface area (Å²) >= 11 is 0. The van der Waals surface area contributed by atoms with Gasteiger partial charge in [0.25, 0.3) is 0 Å². The van der Waals surface area contributed by atoms with Crippen LogP contribution in [0.5, 0.6) is 0 Å². The Morgan fingerprint density at radius 3 is 1.12 bits per heavy atom. The van der Waals surface area contributed by atoms with Gasteiger partial charge < -0.3 is 0 Å². The zero-order valence-corrected chi connectivity index (χ0v) is 81.7. The maximum atomic E-state index is 4.28. The number of hydrogen-bond acceptors (Lipinski definition) is 12. The Morgan fingerprint density at radius 2 is 0.548 bits per heavy atom. The lowest BCUT2D eigenvalue weighted by Gasteiger charge is -1.98. The van der Waals surface area contributed by atoms with Crippen LogP contribution in [0.15, 0.2) is 342 Å². The number of para-hydroxylation sites is 3. The summed E-state index contributed by atoms with van der Waals surface area (Å²) in [4.78, 5) is 48.9. The zero-order chi connectivity index (χ0) is 94.2. The van der Waals surface area contributed by atoms with E-state index < -0.39 is 0 Å². The van der Waals surface area contributed by atoms with Crippen LogP contribution >= 0.6 is 0 Å². The SMILES string of the molecule is CC.CC.CC.CC.CC.CC.CC.CC.CC.CC.Cc1ccc2ncccc2c1.Cc1cccc2cccnc12.Cc1cccc2ccncc12.Cc1cccc2cnccc12.Cc1cccc2ncccc12.Cc1ccnc2ccccc12.Cc1cnc2ccccc2c1.Cc1cncc2ccccc12.Cc1nccc2ccccc12.Cc1ncncn1. The van der Waals surface area contributed by atoms with E-state index in [1.165, 1.54) is 127 Å². The molecule has 0 saturated carbocycles. The lowest BCUT2D eigenvalue weighted by molar-refractivity contribution is 0.974. The molecule has 0 amide bonds. The molecule has 0 aliphatic heterocycles. The summed E-state index contributed by atoms with van der Waals surface area (Å²) < 4.78 is 0. The van der Waals surface area contributed by atoms with Gasteiger partial charge in [-0.25, -0.2) is 15.0 Å². The van der Waals surface area contributed by atoms with Gasteiger partial charge in [0.05, 0.1) is 27.6 Å². The summed E-state index contributed by atoms with van der Waals surface area (Å²) in [5, 5.41) is 16.2. The molecule has 10 heterocycles. The molecule has 0 saturated heterocycles. The Kier molecular flexibility index (Phi) is 63.6. The lowest BCUT2D eigenvalue weighted by Crippen LogP contribution is -1.84. The average molecular weight is 1680 g/mol. The van der Waals surface area contributed by atoms with Crippen molar-refractivity contribution in [3.05, 3.63) is 398 Å². The van der Waals surface area contributed by atoms with Crippen molar-refractivity contribution < 1.29 is 0 Å². The number of rotatable bonds is 0. The predicted octanol–water partition coefficient (Wildman–Crippen LogP) is 33.3. The van der Waals surface area contributed by atoms with Crippen LogP contribution in [0, 0.1) is 69.2 Å². The van der Waals surface area contributed by atoms with Crippen molar-refractivity contribution in [3.8, 4) is 0 Å². The molecule has 0 fully saturated rings. The standard InChI is InChI=1S/9C10H9N.C4H5N3.10C2H6/c1-8-4-2-6-10-9(8)5-3-7-11-10;1-8-4-2-5-9-6-3-7-11-10(8)9;1-8-4-5-10-9(7-8)3-2-6-11-10;1-8-3-2-4-9-7-11-6-5-10(8)9;1-8-3-2-4-9-5-6-11-7-10(8)9;1-8-6-11-7-9-4-2-3-5-10(8)9;1-8-6-9-4-2-3-5-10(9)11-7-8;1-8-10-5-3-2-4-9(10)6-7-11-8;1-8-6-7-11-10-5-3-2-4-9(8)10;1-4-6-2-5-3-7-4;10*1-2/h9*2-7H,1H3;2-3H,1H3;10*1-2H3. The van der Waals surface area contributed by atoms with Gasteiger partial charge in [0.1, 0.15) is 18.5 Å². The number of fused-ring (bicyclic) bond motifs is 9. The van der Waals surface area contributed by atoms with E-state index in [9.17, 15) is 0 Å². The van der Waals surface area contributed by atoms with Gasteiger partial charge in [0.2, 0.25) is 0 Å². The Hall–Kier alpha value is -13.3. The molecule has 0 aliphatic rings. The fourth-order valence-corrected chi connectivity index (χ4v) is 11.5. The molecule has 0 aliphatic carbocycles. The maximum absolute atomic E-state index is 4.28. The number of nitrogens with zero attached hydrogens (tertiary/aromatic N) is 12. The molecule has 10 aromatic heterocycles. The van der Waals surface area contributed by atoms with Crippen molar-refractivity contribution in [2.45, 2.75) is 208 Å². The molecule has 9 aromatic carbocycles. The molecule has 126 heavy (non-hydrogen) atoms. The van der Waals surface area contributed by atoms with Crippen LogP contribution in [-0.4, -0.2) is 59.8 Å². The second-order valence-corrected chi connectivity index (χ2v) is 25.2. The average Bonchev–Trinajstić information content (AvgIpc) is 0.848. The quantitative estimate of drug-likeness (QED) is 0.142. The van der Waals surface area contributed by atoms with Gasteiger partial charge in [-0.15, -0.1) is 0 Å². The molecule has 12 heteroatoms.